The molecule has 6 heteroatoms. The lowest BCUT2D eigenvalue weighted by Gasteiger charge is -2.36. The van der Waals surface area contributed by atoms with Crippen molar-refractivity contribution in [3.8, 4) is 0 Å². The molecular weight excluding hydrogens is 332 g/mol. The molecule has 1 fully saturated rings. The maximum atomic E-state index is 12.8. The van der Waals surface area contributed by atoms with Crippen molar-refractivity contribution in [2.45, 2.75) is 6.92 Å². The Morgan fingerprint density at radius 2 is 1.88 bits per heavy atom. The third-order valence-electron chi connectivity index (χ3n) is 4.67. The Balaban J connectivity index is 1.48. The summed E-state index contributed by atoms with van der Waals surface area (Å²) in [6.45, 7) is 5.28. The third-order valence-corrected chi connectivity index (χ3v) is 5.54. The number of rotatable bonds is 2. The smallest absolute Gasteiger partial charge is 0.254 e. The molecule has 1 aliphatic rings. The number of nitrogen functional groups attached to an aromatic ring is 1. The van der Waals surface area contributed by atoms with Gasteiger partial charge in [0.15, 0.2) is 5.13 Å². The van der Waals surface area contributed by atoms with Crippen LogP contribution in [0.1, 0.15) is 15.9 Å². The van der Waals surface area contributed by atoms with Crippen molar-refractivity contribution >= 4 is 38.3 Å². The zero-order valence-corrected chi connectivity index (χ0v) is 14.9. The maximum absolute atomic E-state index is 12.8. The minimum absolute atomic E-state index is 0.0675. The summed E-state index contributed by atoms with van der Waals surface area (Å²) in [4.78, 5) is 21.4. The van der Waals surface area contributed by atoms with E-state index in [1.54, 1.807) is 0 Å². The lowest BCUT2D eigenvalue weighted by molar-refractivity contribution is 0.0747. The molecule has 0 aliphatic carbocycles. The number of carbonyl (C=O) groups is 1. The molecule has 25 heavy (non-hydrogen) atoms. The summed E-state index contributed by atoms with van der Waals surface area (Å²) >= 11 is 1.44. The number of piperazine rings is 1. The van der Waals surface area contributed by atoms with Gasteiger partial charge in [-0.1, -0.05) is 29.5 Å². The van der Waals surface area contributed by atoms with Gasteiger partial charge < -0.3 is 15.5 Å². The highest BCUT2D eigenvalue weighted by atomic mass is 32.1. The van der Waals surface area contributed by atoms with Crippen LogP contribution in [0.3, 0.4) is 0 Å². The number of benzene rings is 2. The van der Waals surface area contributed by atoms with Crippen molar-refractivity contribution in [1.29, 1.82) is 0 Å². The van der Waals surface area contributed by atoms with E-state index >= 15 is 0 Å². The Morgan fingerprint density at radius 1 is 1.12 bits per heavy atom. The van der Waals surface area contributed by atoms with Gasteiger partial charge in [0.1, 0.15) is 0 Å². The topological polar surface area (TPSA) is 62.5 Å². The molecule has 0 saturated carbocycles. The summed E-state index contributed by atoms with van der Waals surface area (Å²) in [5.74, 6) is 0.0675. The Hall–Kier alpha value is -2.60. The molecule has 3 aromatic rings. The van der Waals surface area contributed by atoms with E-state index in [0.29, 0.717) is 10.7 Å². The van der Waals surface area contributed by atoms with Crippen LogP contribution in [0.5, 0.6) is 0 Å². The number of anilines is 2. The number of hydrogen-bond donors (Lipinski definition) is 1. The van der Waals surface area contributed by atoms with Crippen LogP contribution in [0, 0.1) is 6.92 Å². The first-order valence-electron chi connectivity index (χ1n) is 8.38. The summed E-state index contributed by atoms with van der Waals surface area (Å²) in [5.41, 5.74) is 9.76. The molecule has 0 unspecified atom stereocenters. The van der Waals surface area contributed by atoms with Crippen molar-refractivity contribution in [2.24, 2.45) is 0 Å². The first-order valence-corrected chi connectivity index (χ1v) is 9.19. The summed E-state index contributed by atoms with van der Waals surface area (Å²) in [7, 11) is 0. The van der Waals surface area contributed by atoms with Gasteiger partial charge in [-0.2, -0.15) is 0 Å². The van der Waals surface area contributed by atoms with Crippen molar-refractivity contribution < 1.29 is 4.79 Å². The average molecular weight is 352 g/mol. The normalized spacial score (nSPS) is 14.9. The van der Waals surface area contributed by atoms with E-state index in [4.69, 9.17) is 5.73 Å². The number of nitrogens with two attached hydrogens (primary N) is 1. The number of aromatic nitrogens is 1. The Labute approximate surface area is 150 Å². The largest absolute Gasteiger partial charge is 0.375 e. The SMILES string of the molecule is Cc1ccccc1N1CCN(C(=O)c2ccc3sc(N)nc3c2)CC1. The summed E-state index contributed by atoms with van der Waals surface area (Å²) in [5, 5.41) is 0.534. The number of hydrogen-bond acceptors (Lipinski definition) is 5. The van der Waals surface area contributed by atoms with E-state index in [0.717, 1.165) is 36.4 Å². The first kappa shape index (κ1) is 15.9. The summed E-state index contributed by atoms with van der Waals surface area (Å²) in [6.07, 6.45) is 0. The predicted molar refractivity (Wildman–Crippen MR) is 103 cm³/mol. The summed E-state index contributed by atoms with van der Waals surface area (Å²) < 4.78 is 1.01. The highest BCUT2D eigenvalue weighted by Crippen LogP contribution is 2.25. The molecule has 0 spiro atoms. The lowest BCUT2D eigenvalue weighted by Crippen LogP contribution is -2.49. The van der Waals surface area contributed by atoms with Gasteiger partial charge in [0.25, 0.3) is 5.91 Å². The maximum Gasteiger partial charge on any atom is 0.254 e. The van der Waals surface area contributed by atoms with E-state index < -0.39 is 0 Å². The minimum atomic E-state index is 0.0675. The molecule has 1 amide bonds. The fraction of sp³-hybridized carbons (Fsp3) is 0.263. The van der Waals surface area contributed by atoms with E-state index in [2.05, 4.69) is 41.1 Å². The second kappa shape index (κ2) is 6.37. The van der Waals surface area contributed by atoms with Gasteiger partial charge in [-0.05, 0) is 36.8 Å². The standard InChI is InChI=1S/C19H20N4OS/c1-13-4-2-3-5-16(13)22-8-10-23(11-9-22)18(24)14-6-7-17-15(12-14)21-19(20)25-17/h2-7,12H,8-11H2,1H3,(H2,20,21). The number of carbonyl (C=O) groups excluding carboxylic acids is 1. The zero-order chi connectivity index (χ0) is 17.4. The molecule has 0 radical (unpaired) electrons. The van der Waals surface area contributed by atoms with Crippen LogP contribution in [-0.4, -0.2) is 42.0 Å². The first-order chi connectivity index (χ1) is 12.1. The van der Waals surface area contributed by atoms with Crippen molar-refractivity contribution in [2.75, 3.05) is 36.8 Å². The van der Waals surface area contributed by atoms with Gasteiger partial charge in [-0.25, -0.2) is 4.98 Å². The van der Waals surface area contributed by atoms with E-state index in [9.17, 15) is 4.79 Å². The summed E-state index contributed by atoms with van der Waals surface area (Å²) in [6, 6.07) is 14.0. The number of fused-ring (bicyclic) bond motifs is 1. The molecule has 5 nitrogen and oxygen atoms in total. The van der Waals surface area contributed by atoms with Gasteiger partial charge >= 0.3 is 0 Å². The Kier molecular flexibility index (Phi) is 4.05. The van der Waals surface area contributed by atoms with Gasteiger partial charge in [0.05, 0.1) is 10.2 Å². The highest BCUT2D eigenvalue weighted by Gasteiger charge is 2.23. The second-order valence-electron chi connectivity index (χ2n) is 6.30. The quantitative estimate of drug-likeness (QED) is 0.770. The monoisotopic (exact) mass is 352 g/mol. The third kappa shape index (κ3) is 3.05. The average Bonchev–Trinajstić information content (AvgIpc) is 3.01. The molecule has 4 rings (SSSR count). The molecule has 2 aromatic carbocycles. The number of para-hydroxylation sites is 1. The van der Waals surface area contributed by atoms with Crippen LogP contribution < -0.4 is 10.6 Å². The van der Waals surface area contributed by atoms with Gasteiger partial charge in [0.2, 0.25) is 0 Å². The molecule has 1 aliphatic heterocycles. The van der Waals surface area contributed by atoms with Crippen molar-refractivity contribution in [1.82, 2.24) is 9.88 Å². The molecule has 1 saturated heterocycles. The zero-order valence-electron chi connectivity index (χ0n) is 14.1. The molecule has 0 atom stereocenters. The number of thiazole rings is 1. The lowest BCUT2D eigenvalue weighted by atomic mass is 10.1. The van der Waals surface area contributed by atoms with E-state index in [1.807, 2.05) is 23.1 Å². The van der Waals surface area contributed by atoms with Gasteiger partial charge in [0, 0.05) is 37.4 Å². The molecular formula is C19H20N4OS. The fourth-order valence-electron chi connectivity index (χ4n) is 3.33. The Bertz CT molecular complexity index is 928. The Morgan fingerprint density at radius 3 is 2.64 bits per heavy atom. The van der Waals surface area contributed by atoms with Crippen molar-refractivity contribution in [3.05, 3.63) is 53.6 Å². The molecule has 128 valence electrons. The highest BCUT2D eigenvalue weighted by molar-refractivity contribution is 7.22. The molecule has 0 bridgehead atoms. The number of aryl methyl sites for hydroxylation is 1. The number of amides is 1. The van der Waals surface area contributed by atoms with E-state index in [-0.39, 0.29) is 5.91 Å². The minimum Gasteiger partial charge on any atom is -0.375 e. The molecule has 1 aromatic heterocycles. The molecule has 2 N–H and O–H groups in total. The van der Waals surface area contributed by atoms with Crippen LogP contribution in [0.15, 0.2) is 42.5 Å². The molecule has 2 heterocycles. The van der Waals surface area contributed by atoms with Crippen LogP contribution >= 0.6 is 11.3 Å². The van der Waals surface area contributed by atoms with E-state index in [1.165, 1.54) is 22.6 Å². The van der Waals surface area contributed by atoms with Crippen molar-refractivity contribution in [3.63, 3.8) is 0 Å². The van der Waals surface area contributed by atoms with Crippen LogP contribution in [-0.2, 0) is 0 Å². The van der Waals surface area contributed by atoms with Gasteiger partial charge in [-0.3, -0.25) is 4.79 Å². The fourth-order valence-corrected chi connectivity index (χ4v) is 4.04. The van der Waals surface area contributed by atoms with Crippen LogP contribution in [0.2, 0.25) is 0 Å². The second-order valence-corrected chi connectivity index (χ2v) is 7.36. The number of nitrogens with zero attached hydrogens (tertiary/aromatic N) is 3. The van der Waals surface area contributed by atoms with Crippen LogP contribution in [0.25, 0.3) is 10.2 Å². The van der Waals surface area contributed by atoms with Crippen LogP contribution in [0.4, 0.5) is 10.8 Å². The predicted octanol–water partition coefficient (Wildman–Crippen LogP) is 3.15. The van der Waals surface area contributed by atoms with Gasteiger partial charge in [-0.15, -0.1) is 0 Å².